The number of likely N-dealkylation sites (tertiary alicyclic amines) is 1. The van der Waals surface area contributed by atoms with Crippen LogP contribution in [0.1, 0.15) is 76.7 Å². The van der Waals surface area contributed by atoms with E-state index in [0.717, 1.165) is 57.1 Å². The molecule has 1 aliphatic carbocycles. The summed E-state index contributed by atoms with van der Waals surface area (Å²) < 4.78 is 36.4. The highest BCUT2D eigenvalue weighted by molar-refractivity contribution is 7.92. The fourth-order valence-electron chi connectivity index (χ4n) is 6.39. The third kappa shape index (κ3) is 10.7. The zero-order chi connectivity index (χ0) is 32.3. The highest BCUT2D eigenvalue weighted by atomic mass is 32.2. The average molecular weight is 643 g/mol. The molecule has 1 atom stereocenters. The minimum Gasteiger partial charge on any atom is -0.468 e. The minimum atomic E-state index is -3.33. The molecule has 45 heavy (non-hydrogen) atoms. The van der Waals surface area contributed by atoms with E-state index < -0.39 is 21.6 Å². The van der Waals surface area contributed by atoms with Gasteiger partial charge in [-0.1, -0.05) is 57.6 Å². The number of amides is 1. The molecule has 2 aromatic carbocycles. The van der Waals surface area contributed by atoms with Crippen molar-refractivity contribution >= 4 is 27.6 Å². The van der Waals surface area contributed by atoms with Gasteiger partial charge in [-0.3, -0.25) is 24.5 Å². The number of hydrogen-bond acceptors (Lipinski definition) is 8. The Kier molecular flexibility index (Phi) is 12.7. The minimum absolute atomic E-state index is 0.0187. The number of ether oxygens (including phenoxy) is 2. The second kappa shape index (κ2) is 16.4. The number of anilines is 1. The van der Waals surface area contributed by atoms with Crippen molar-refractivity contribution in [2.45, 2.75) is 89.3 Å². The molecule has 10 nitrogen and oxygen atoms in total. The fourth-order valence-corrected chi connectivity index (χ4v) is 6.95. The Morgan fingerprint density at radius 2 is 1.60 bits per heavy atom. The number of carbonyl (C=O) groups is 2. The van der Waals surface area contributed by atoms with Gasteiger partial charge in [0.2, 0.25) is 15.9 Å². The Morgan fingerprint density at radius 1 is 0.978 bits per heavy atom. The summed E-state index contributed by atoms with van der Waals surface area (Å²) in [7, 11) is -1.90. The molecular weight excluding hydrogens is 592 g/mol. The van der Waals surface area contributed by atoms with Gasteiger partial charge in [0.15, 0.2) is 0 Å². The lowest BCUT2D eigenvalue weighted by Crippen LogP contribution is -2.65. The van der Waals surface area contributed by atoms with Crippen molar-refractivity contribution in [2.24, 2.45) is 5.92 Å². The zero-order valence-corrected chi connectivity index (χ0v) is 27.8. The number of nitrogens with one attached hydrogen (secondary N) is 3. The first-order valence-corrected chi connectivity index (χ1v) is 18.2. The van der Waals surface area contributed by atoms with Crippen LogP contribution in [-0.2, 0) is 30.9 Å². The van der Waals surface area contributed by atoms with Gasteiger partial charge in [-0.15, -0.1) is 0 Å². The maximum absolute atomic E-state index is 13.7. The summed E-state index contributed by atoms with van der Waals surface area (Å²) in [6.45, 7) is 4.91. The van der Waals surface area contributed by atoms with Gasteiger partial charge in [0, 0.05) is 31.9 Å². The first kappa shape index (κ1) is 34.7. The molecule has 2 aromatic rings. The van der Waals surface area contributed by atoms with Crippen LogP contribution in [0.3, 0.4) is 0 Å². The number of rotatable bonds is 15. The van der Waals surface area contributed by atoms with E-state index in [1.807, 2.05) is 24.3 Å². The molecule has 1 saturated carbocycles. The number of methoxy groups -OCH3 is 1. The van der Waals surface area contributed by atoms with Crippen LogP contribution in [0.15, 0.2) is 48.5 Å². The number of hydrogen-bond donors (Lipinski definition) is 3. The van der Waals surface area contributed by atoms with E-state index in [1.54, 1.807) is 24.3 Å². The molecule has 3 N–H and O–H groups in total. The van der Waals surface area contributed by atoms with E-state index in [-0.39, 0.29) is 11.9 Å². The molecule has 1 saturated heterocycles. The van der Waals surface area contributed by atoms with E-state index >= 15 is 0 Å². The van der Waals surface area contributed by atoms with Crippen LogP contribution in [0.5, 0.6) is 11.5 Å². The van der Waals surface area contributed by atoms with Crippen LogP contribution in [0.4, 0.5) is 5.69 Å². The molecule has 1 amide bonds. The van der Waals surface area contributed by atoms with Crippen molar-refractivity contribution in [3.8, 4) is 11.5 Å². The van der Waals surface area contributed by atoms with Gasteiger partial charge in [-0.2, -0.15) is 0 Å². The monoisotopic (exact) mass is 642 g/mol. The first-order valence-electron chi connectivity index (χ1n) is 16.3. The Balaban J connectivity index is 1.37. The second-order valence-corrected chi connectivity index (χ2v) is 14.3. The number of nitrogens with zero attached hydrogens (tertiary/aromatic N) is 1. The van der Waals surface area contributed by atoms with E-state index in [9.17, 15) is 18.0 Å². The van der Waals surface area contributed by atoms with E-state index in [4.69, 9.17) is 9.47 Å². The molecule has 1 heterocycles. The van der Waals surface area contributed by atoms with Crippen molar-refractivity contribution < 1.29 is 27.5 Å². The first-order chi connectivity index (χ1) is 21.6. The summed E-state index contributed by atoms with van der Waals surface area (Å²) in [5.41, 5.74) is 0.791. The lowest BCUT2D eigenvalue weighted by atomic mass is 9.81. The van der Waals surface area contributed by atoms with E-state index in [0.29, 0.717) is 48.9 Å². The number of sulfonamides is 1. The van der Waals surface area contributed by atoms with Crippen LogP contribution in [0.2, 0.25) is 0 Å². The smallest absolute Gasteiger partial charge is 0.322 e. The highest BCUT2D eigenvalue weighted by Gasteiger charge is 2.44. The predicted molar refractivity (Wildman–Crippen MR) is 177 cm³/mol. The molecular formula is C34H50N4O6S. The van der Waals surface area contributed by atoms with Crippen LogP contribution >= 0.6 is 0 Å². The zero-order valence-electron chi connectivity index (χ0n) is 27.0. The van der Waals surface area contributed by atoms with Crippen LogP contribution < -0.4 is 20.1 Å². The Bertz CT molecular complexity index is 1340. The Hall–Kier alpha value is -3.15. The van der Waals surface area contributed by atoms with Crippen molar-refractivity contribution in [1.29, 1.82) is 0 Å². The molecule has 0 unspecified atom stereocenters. The molecule has 2 aliphatic rings. The van der Waals surface area contributed by atoms with Gasteiger partial charge in [-0.05, 0) is 73.6 Å². The standard InChI is InChI=1S/C34H50N4O6S/c1-4-5-21-35-33(40)34(36-31(32(39)43-2)24-26-9-7-6-8-10-26)19-22-38(23-20-34)25-27-11-15-29(16-12-27)44-30-17-13-28(14-18-30)37-45(3,41)42/h11-18,26,31,36-37H,4-10,19-25H2,1-3H3,(H,35,40)/t31-/m0/s1. The summed E-state index contributed by atoms with van der Waals surface area (Å²) in [4.78, 5) is 29.0. The normalized spacial score (nSPS) is 18.1. The number of esters is 1. The van der Waals surface area contributed by atoms with Crippen LogP contribution in [0.25, 0.3) is 0 Å². The van der Waals surface area contributed by atoms with Gasteiger partial charge < -0.3 is 14.8 Å². The number of unbranched alkanes of at least 4 members (excludes halogenated alkanes) is 1. The maximum Gasteiger partial charge on any atom is 0.322 e. The van der Waals surface area contributed by atoms with Crippen molar-refractivity contribution in [1.82, 2.24) is 15.5 Å². The summed E-state index contributed by atoms with van der Waals surface area (Å²) in [6.07, 6.45) is 10.8. The highest BCUT2D eigenvalue weighted by Crippen LogP contribution is 2.31. The topological polar surface area (TPSA) is 126 Å². The molecule has 11 heteroatoms. The Morgan fingerprint density at radius 3 is 2.18 bits per heavy atom. The SMILES string of the molecule is CCCCNC(=O)C1(N[C@@H](CC2CCCCC2)C(=O)OC)CCN(Cc2ccc(Oc3ccc(NS(C)(=O)=O)cc3)cc2)CC1. The molecule has 0 radical (unpaired) electrons. The van der Waals surface area contributed by atoms with Gasteiger partial charge in [0.05, 0.1) is 13.4 Å². The molecule has 2 fully saturated rings. The maximum atomic E-state index is 13.7. The predicted octanol–water partition coefficient (Wildman–Crippen LogP) is 5.20. The quantitative estimate of drug-likeness (QED) is 0.179. The van der Waals surface area contributed by atoms with Crippen molar-refractivity contribution in [2.75, 3.05) is 37.7 Å². The van der Waals surface area contributed by atoms with Crippen LogP contribution in [-0.4, -0.2) is 69.8 Å². The third-order valence-electron chi connectivity index (χ3n) is 8.91. The molecule has 248 valence electrons. The summed E-state index contributed by atoms with van der Waals surface area (Å²) in [5, 5.41) is 6.71. The van der Waals surface area contributed by atoms with Crippen molar-refractivity contribution in [3.05, 3.63) is 54.1 Å². The number of benzene rings is 2. The molecule has 4 rings (SSSR count). The lowest BCUT2D eigenvalue weighted by Gasteiger charge is -2.43. The van der Waals surface area contributed by atoms with Crippen LogP contribution in [0, 0.1) is 5.92 Å². The largest absolute Gasteiger partial charge is 0.468 e. The summed E-state index contributed by atoms with van der Waals surface area (Å²) in [6, 6.07) is 14.1. The van der Waals surface area contributed by atoms with Gasteiger partial charge in [-0.25, -0.2) is 8.42 Å². The molecule has 0 aromatic heterocycles. The van der Waals surface area contributed by atoms with E-state index in [1.165, 1.54) is 26.4 Å². The second-order valence-electron chi connectivity index (χ2n) is 12.6. The average Bonchev–Trinajstić information content (AvgIpc) is 3.03. The fraction of sp³-hybridized carbons (Fsp3) is 0.588. The Labute approximate surface area is 268 Å². The van der Waals surface area contributed by atoms with Gasteiger partial charge in [0.1, 0.15) is 23.1 Å². The van der Waals surface area contributed by atoms with Crippen molar-refractivity contribution in [3.63, 3.8) is 0 Å². The summed E-state index contributed by atoms with van der Waals surface area (Å²) >= 11 is 0. The molecule has 1 aliphatic heterocycles. The van der Waals surface area contributed by atoms with Gasteiger partial charge in [0.25, 0.3) is 0 Å². The third-order valence-corrected chi connectivity index (χ3v) is 9.52. The number of carbonyl (C=O) groups excluding carboxylic acids is 2. The molecule has 0 bridgehead atoms. The summed E-state index contributed by atoms with van der Waals surface area (Å²) in [5.74, 6) is 1.45. The number of piperidine rings is 1. The lowest BCUT2D eigenvalue weighted by molar-refractivity contribution is -0.145. The van der Waals surface area contributed by atoms with E-state index in [2.05, 4.69) is 27.2 Å². The molecule has 0 spiro atoms. The van der Waals surface area contributed by atoms with Gasteiger partial charge >= 0.3 is 5.97 Å².